The van der Waals surface area contributed by atoms with E-state index in [1.54, 1.807) is 25.3 Å². The fraction of sp³-hybridized carbons (Fsp3) is 0.353. The molecule has 1 aromatic carbocycles. The molecule has 0 spiro atoms. The smallest absolute Gasteiger partial charge is 0.223 e. The molecule has 24 heavy (non-hydrogen) atoms. The normalized spacial score (nSPS) is 18.3. The number of benzene rings is 1. The number of hydrogen-bond donors (Lipinski definition) is 0. The van der Waals surface area contributed by atoms with Crippen molar-refractivity contribution in [1.29, 1.82) is 0 Å². The topological polar surface area (TPSA) is 60.0 Å². The van der Waals surface area contributed by atoms with Gasteiger partial charge in [-0.05, 0) is 49.7 Å². The van der Waals surface area contributed by atoms with Gasteiger partial charge in [-0.2, -0.15) is 10.1 Å². The van der Waals surface area contributed by atoms with Crippen molar-refractivity contribution in [2.45, 2.75) is 32.4 Å². The lowest BCUT2D eigenvalue weighted by Crippen LogP contribution is -2.25. The Morgan fingerprint density at radius 2 is 2.08 bits per heavy atom. The maximum atomic E-state index is 13.1. The van der Waals surface area contributed by atoms with Gasteiger partial charge in [0.2, 0.25) is 5.89 Å². The Kier molecular flexibility index (Phi) is 3.86. The average molecular weight is 327 g/mol. The van der Waals surface area contributed by atoms with E-state index in [0.717, 1.165) is 43.1 Å². The van der Waals surface area contributed by atoms with Crippen LogP contribution >= 0.6 is 0 Å². The van der Waals surface area contributed by atoms with E-state index in [1.807, 2.05) is 10.7 Å². The summed E-state index contributed by atoms with van der Waals surface area (Å²) < 4.78 is 20.1. The number of aryl methyl sites for hydroxylation is 1. The summed E-state index contributed by atoms with van der Waals surface area (Å²) in [6, 6.07) is 8.51. The molecule has 2 aromatic heterocycles. The van der Waals surface area contributed by atoms with Gasteiger partial charge < -0.3 is 4.52 Å². The van der Waals surface area contributed by atoms with Gasteiger partial charge in [-0.15, -0.1) is 0 Å². The maximum absolute atomic E-state index is 13.1. The molecule has 0 radical (unpaired) electrons. The molecule has 3 heterocycles. The van der Waals surface area contributed by atoms with Crippen molar-refractivity contribution in [3.05, 3.63) is 59.8 Å². The van der Waals surface area contributed by atoms with Crippen LogP contribution in [0.1, 0.15) is 36.3 Å². The van der Waals surface area contributed by atoms with E-state index < -0.39 is 0 Å². The molecule has 0 aliphatic carbocycles. The summed E-state index contributed by atoms with van der Waals surface area (Å²) in [5, 5.41) is 8.45. The summed E-state index contributed by atoms with van der Waals surface area (Å²) in [5.41, 5.74) is 1.90. The summed E-state index contributed by atoms with van der Waals surface area (Å²) in [6.45, 7) is 3.52. The highest BCUT2D eigenvalue weighted by Crippen LogP contribution is 2.31. The second kappa shape index (κ2) is 6.16. The predicted octanol–water partition coefficient (Wildman–Crippen LogP) is 3.04. The lowest BCUT2D eigenvalue weighted by Gasteiger charge is -2.22. The van der Waals surface area contributed by atoms with E-state index in [-0.39, 0.29) is 11.9 Å². The quantitative estimate of drug-likeness (QED) is 0.737. The molecule has 0 N–H and O–H groups in total. The van der Waals surface area contributed by atoms with Gasteiger partial charge in [0, 0.05) is 19.7 Å². The zero-order chi connectivity index (χ0) is 16.5. The molecule has 1 aliphatic heterocycles. The van der Waals surface area contributed by atoms with Crippen molar-refractivity contribution in [3.8, 4) is 5.69 Å². The van der Waals surface area contributed by atoms with Gasteiger partial charge in [0.1, 0.15) is 5.82 Å². The van der Waals surface area contributed by atoms with Gasteiger partial charge in [0.05, 0.1) is 17.4 Å². The van der Waals surface area contributed by atoms with Crippen LogP contribution in [0.25, 0.3) is 5.69 Å². The monoisotopic (exact) mass is 327 g/mol. The van der Waals surface area contributed by atoms with Gasteiger partial charge in [0.15, 0.2) is 5.82 Å². The van der Waals surface area contributed by atoms with E-state index >= 15 is 0 Å². The minimum absolute atomic E-state index is 0.166. The Labute approximate surface area is 138 Å². The number of aromatic nitrogens is 4. The van der Waals surface area contributed by atoms with E-state index in [0.29, 0.717) is 5.89 Å². The first-order valence-corrected chi connectivity index (χ1v) is 8.04. The first-order chi connectivity index (χ1) is 11.7. The summed E-state index contributed by atoms with van der Waals surface area (Å²) >= 11 is 0. The zero-order valence-electron chi connectivity index (χ0n) is 13.4. The Bertz CT molecular complexity index is 826. The van der Waals surface area contributed by atoms with Crippen LogP contribution in [-0.4, -0.2) is 31.4 Å². The largest absolute Gasteiger partial charge is 0.340 e. The molecule has 1 aliphatic rings. The summed E-state index contributed by atoms with van der Waals surface area (Å²) in [5.74, 6) is 1.09. The second-order valence-electron chi connectivity index (χ2n) is 6.01. The van der Waals surface area contributed by atoms with E-state index in [4.69, 9.17) is 4.52 Å². The number of nitrogens with zero attached hydrogens (tertiary/aromatic N) is 5. The van der Waals surface area contributed by atoms with Crippen molar-refractivity contribution in [2.24, 2.45) is 0 Å². The van der Waals surface area contributed by atoms with Gasteiger partial charge in [-0.25, -0.2) is 9.07 Å². The number of rotatable bonds is 4. The molecule has 1 atom stereocenters. The minimum Gasteiger partial charge on any atom is -0.340 e. The van der Waals surface area contributed by atoms with Gasteiger partial charge in [0.25, 0.3) is 0 Å². The molecule has 0 unspecified atom stereocenters. The van der Waals surface area contributed by atoms with E-state index in [9.17, 15) is 4.39 Å². The van der Waals surface area contributed by atoms with Crippen LogP contribution in [0.5, 0.6) is 0 Å². The van der Waals surface area contributed by atoms with Gasteiger partial charge in [-0.1, -0.05) is 5.16 Å². The fourth-order valence-corrected chi connectivity index (χ4v) is 3.23. The molecule has 0 saturated carbocycles. The third-order valence-corrected chi connectivity index (χ3v) is 4.36. The Morgan fingerprint density at radius 1 is 1.25 bits per heavy atom. The molecule has 7 heteroatoms. The minimum atomic E-state index is -0.250. The van der Waals surface area contributed by atoms with Crippen LogP contribution in [0.3, 0.4) is 0 Å². The van der Waals surface area contributed by atoms with Gasteiger partial charge >= 0.3 is 0 Å². The Balaban J connectivity index is 1.57. The maximum Gasteiger partial charge on any atom is 0.223 e. The zero-order valence-corrected chi connectivity index (χ0v) is 13.4. The number of hydrogen-bond acceptors (Lipinski definition) is 5. The predicted molar refractivity (Wildman–Crippen MR) is 84.9 cm³/mol. The van der Waals surface area contributed by atoms with E-state index in [1.165, 1.54) is 12.1 Å². The first-order valence-electron chi connectivity index (χ1n) is 8.04. The van der Waals surface area contributed by atoms with Crippen LogP contribution in [0, 0.1) is 12.7 Å². The van der Waals surface area contributed by atoms with Crippen LogP contribution in [0.2, 0.25) is 0 Å². The van der Waals surface area contributed by atoms with Crippen LogP contribution in [0.4, 0.5) is 4.39 Å². The molecular weight excluding hydrogens is 309 g/mol. The van der Waals surface area contributed by atoms with Gasteiger partial charge in [-0.3, -0.25) is 4.90 Å². The van der Waals surface area contributed by atoms with E-state index in [2.05, 4.69) is 20.1 Å². The molecule has 4 rings (SSSR count). The van der Waals surface area contributed by atoms with Crippen molar-refractivity contribution >= 4 is 0 Å². The second-order valence-corrected chi connectivity index (χ2v) is 6.01. The van der Waals surface area contributed by atoms with Crippen molar-refractivity contribution in [1.82, 2.24) is 24.8 Å². The third-order valence-electron chi connectivity index (χ3n) is 4.36. The van der Waals surface area contributed by atoms with Crippen molar-refractivity contribution in [3.63, 3.8) is 0 Å². The summed E-state index contributed by atoms with van der Waals surface area (Å²) in [7, 11) is 0. The first kappa shape index (κ1) is 15.0. The van der Waals surface area contributed by atoms with Crippen LogP contribution < -0.4 is 0 Å². The van der Waals surface area contributed by atoms with Crippen LogP contribution in [-0.2, 0) is 6.54 Å². The molecule has 3 aromatic rings. The molecule has 124 valence electrons. The highest BCUT2D eigenvalue weighted by atomic mass is 19.1. The fourth-order valence-electron chi connectivity index (χ4n) is 3.23. The standard InChI is InChI=1S/C17H18FN5O/c1-12-20-17(21-24-12)16-3-2-10-22(16)11-15-8-9-19-23(15)14-6-4-13(18)5-7-14/h4-9,16H,2-3,10-11H2,1H3/t16-/m0/s1. The Hall–Kier alpha value is -2.54. The summed E-state index contributed by atoms with van der Waals surface area (Å²) in [4.78, 5) is 6.71. The lowest BCUT2D eigenvalue weighted by atomic mass is 10.2. The molecule has 6 nitrogen and oxygen atoms in total. The highest BCUT2D eigenvalue weighted by molar-refractivity contribution is 5.32. The third kappa shape index (κ3) is 2.82. The molecule has 1 saturated heterocycles. The number of halogens is 1. The van der Waals surface area contributed by atoms with Crippen molar-refractivity contribution in [2.75, 3.05) is 6.54 Å². The highest BCUT2D eigenvalue weighted by Gasteiger charge is 2.30. The summed E-state index contributed by atoms with van der Waals surface area (Å²) in [6.07, 6.45) is 3.88. The van der Waals surface area contributed by atoms with Crippen molar-refractivity contribution < 1.29 is 8.91 Å². The lowest BCUT2D eigenvalue weighted by molar-refractivity contribution is 0.229. The SMILES string of the molecule is Cc1nc([C@@H]2CCCN2Cc2ccnn2-c2ccc(F)cc2)no1. The number of likely N-dealkylation sites (tertiary alicyclic amines) is 1. The average Bonchev–Trinajstić information content (AvgIpc) is 3.30. The molecule has 0 bridgehead atoms. The molecule has 0 amide bonds. The van der Waals surface area contributed by atoms with Crippen LogP contribution in [0.15, 0.2) is 41.1 Å². The molecular formula is C17H18FN5O. The molecule has 1 fully saturated rings. The Morgan fingerprint density at radius 3 is 2.83 bits per heavy atom.